The number of rotatable bonds is 20. The number of methoxy groups -OCH3 is 1. The first-order chi connectivity index (χ1) is 47.0. The molecule has 5 aliphatic rings. The van der Waals surface area contributed by atoms with Crippen molar-refractivity contribution in [2.24, 2.45) is 29.6 Å². The van der Waals surface area contributed by atoms with Gasteiger partial charge in [0.15, 0.2) is 12.6 Å². The van der Waals surface area contributed by atoms with Gasteiger partial charge >= 0.3 is 34.3 Å². The quantitative estimate of drug-likeness (QED) is 0.0293. The van der Waals surface area contributed by atoms with Crippen molar-refractivity contribution in [1.29, 1.82) is 0 Å². The maximum atomic E-state index is 13.9. The molecule has 0 unspecified atom stereocenters. The highest BCUT2D eigenvalue weighted by molar-refractivity contribution is 7.80. The van der Waals surface area contributed by atoms with Gasteiger partial charge in [-0.15, -0.1) is 0 Å². The number of anilines is 1. The second kappa shape index (κ2) is 38.6. The van der Waals surface area contributed by atoms with Crippen molar-refractivity contribution in [2.75, 3.05) is 19.5 Å². The Labute approximate surface area is 584 Å². The predicted octanol–water partition coefficient (Wildman–Crippen LogP) is 2.48. The van der Waals surface area contributed by atoms with Crippen LogP contribution in [0.25, 0.3) is 0 Å². The van der Waals surface area contributed by atoms with Crippen LogP contribution in [-0.4, -0.2) is 259 Å². The molecule has 0 aliphatic carbocycles. The van der Waals surface area contributed by atoms with Gasteiger partial charge in [0.05, 0.1) is 90.6 Å². The van der Waals surface area contributed by atoms with Crippen LogP contribution in [0.3, 0.4) is 0 Å². The zero-order valence-corrected chi connectivity index (χ0v) is 59.6. The monoisotopic (exact) mass is 1450 g/mol. The molecule has 0 amide bonds. The summed E-state index contributed by atoms with van der Waals surface area (Å²) in [4.78, 5) is 52.0. The third-order valence-electron chi connectivity index (χ3n) is 20.3. The lowest BCUT2D eigenvalue weighted by molar-refractivity contribution is -0.364. The van der Waals surface area contributed by atoms with Crippen LogP contribution >= 0.6 is 0 Å². The molecule has 0 aromatic heterocycles. The molecule has 1 aromatic carbocycles. The number of aliphatic hydroxyl groups is 11. The van der Waals surface area contributed by atoms with Gasteiger partial charge in [0.2, 0.25) is 5.79 Å². The van der Waals surface area contributed by atoms with Crippen LogP contribution in [0.4, 0.5) is 5.69 Å². The molecule has 5 heterocycles. The van der Waals surface area contributed by atoms with Crippen molar-refractivity contribution < 1.29 is 145 Å². The van der Waals surface area contributed by atoms with E-state index in [0.717, 1.165) is 6.08 Å². The highest BCUT2D eigenvalue weighted by Crippen LogP contribution is 2.42. The number of hydrogen-bond donors (Lipinski definition) is 14. The number of ether oxygens (including phenoxy) is 10. The number of carbonyl (C=O) groups excluding carboxylic acids is 3. The number of hydrogen-bond acceptors (Lipinski definition) is 29. The third-order valence-corrected chi connectivity index (χ3v) is 20.8. The van der Waals surface area contributed by atoms with Crippen LogP contribution in [0.1, 0.15) is 175 Å². The Balaban J connectivity index is 1.16. The van der Waals surface area contributed by atoms with E-state index in [-0.39, 0.29) is 56.9 Å². The summed E-state index contributed by atoms with van der Waals surface area (Å²) in [6.07, 6.45) is -25.8. The van der Waals surface area contributed by atoms with Crippen LogP contribution in [-0.2, 0) is 71.6 Å². The lowest BCUT2D eigenvalue weighted by atomic mass is 9.77. The van der Waals surface area contributed by atoms with Crippen molar-refractivity contribution in [2.45, 2.75) is 311 Å². The number of nitrogens with one attached hydrogen (secondary N) is 1. The first-order valence-electron chi connectivity index (χ1n) is 35.0. The fourth-order valence-corrected chi connectivity index (χ4v) is 14.7. The van der Waals surface area contributed by atoms with Crippen LogP contribution in [0.5, 0.6) is 5.75 Å². The summed E-state index contributed by atoms with van der Waals surface area (Å²) in [5.74, 6) is -11.4. The van der Waals surface area contributed by atoms with Crippen molar-refractivity contribution >= 4 is 40.0 Å². The van der Waals surface area contributed by atoms with Gasteiger partial charge in [0.25, 0.3) is 0 Å². The Kier molecular flexibility index (Phi) is 32.6. The minimum atomic E-state index is -5.37. The summed E-state index contributed by atoms with van der Waals surface area (Å²) in [7, 11) is -2.19. The number of epoxide rings is 1. The summed E-state index contributed by atoms with van der Waals surface area (Å²) in [6.45, 7) is 13.6. The molecule has 29 atom stereocenters. The first kappa shape index (κ1) is 84.6. The molecule has 574 valence electrons. The van der Waals surface area contributed by atoms with E-state index in [1.165, 1.54) is 20.1 Å². The van der Waals surface area contributed by atoms with E-state index in [0.29, 0.717) is 43.5 Å². The van der Waals surface area contributed by atoms with Crippen LogP contribution in [0, 0.1) is 29.6 Å². The highest BCUT2D eigenvalue weighted by atomic mass is 32.3. The van der Waals surface area contributed by atoms with Crippen LogP contribution < -0.4 is 10.1 Å². The largest absolute Gasteiger partial charge is 0.481 e. The van der Waals surface area contributed by atoms with Gasteiger partial charge in [0, 0.05) is 76.0 Å². The van der Waals surface area contributed by atoms with Crippen molar-refractivity contribution in [3.05, 3.63) is 35.9 Å². The van der Waals surface area contributed by atoms with E-state index in [1.807, 2.05) is 6.92 Å². The average Bonchev–Trinajstić information content (AvgIpc) is 1.08. The van der Waals surface area contributed by atoms with Gasteiger partial charge in [-0.3, -0.25) is 14.1 Å². The number of aliphatic carboxylic acids is 1. The third kappa shape index (κ3) is 24.1. The molecule has 5 aliphatic heterocycles. The normalized spacial score (nSPS) is 38.2. The molecular formula is C68H111NO30S. The first-order valence-corrected chi connectivity index (χ1v) is 36.3. The number of carbonyl (C=O) groups is 4. The number of esters is 3. The van der Waals surface area contributed by atoms with Gasteiger partial charge in [-0.05, 0) is 95.8 Å². The topological polar surface area (TPSA) is 482 Å². The summed E-state index contributed by atoms with van der Waals surface area (Å²) < 4.78 is 98.4. The number of carboxylic acids is 1. The Bertz CT molecular complexity index is 2880. The molecule has 0 radical (unpaired) electrons. The Morgan fingerprint density at radius 3 is 2.06 bits per heavy atom. The fraction of sp³-hybridized carbons (Fsp3) is 0.824. The van der Waals surface area contributed by atoms with Gasteiger partial charge in [-0.2, -0.15) is 8.42 Å². The summed E-state index contributed by atoms with van der Waals surface area (Å²) in [5, 5.41) is 137. The molecular weight excluding hydrogens is 1340 g/mol. The molecule has 6 rings (SSSR count). The molecule has 4 fully saturated rings. The van der Waals surface area contributed by atoms with E-state index < -0.39 is 236 Å². The average molecular weight is 1450 g/mol. The summed E-state index contributed by atoms with van der Waals surface area (Å²) in [6, 6.07) is 4.81. The van der Waals surface area contributed by atoms with E-state index in [9.17, 15) is 93.4 Å². The van der Waals surface area contributed by atoms with E-state index in [2.05, 4.69) is 9.50 Å². The van der Waals surface area contributed by atoms with Crippen molar-refractivity contribution in [3.63, 3.8) is 0 Å². The molecule has 14 N–H and O–H groups in total. The number of benzene rings is 1. The molecule has 0 saturated carbocycles. The van der Waals surface area contributed by atoms with Crippen molar-refractivity contribution in [3.8, 4) is 5.75 Å². The zero-order valence-electron chi connectivity index (χ0n) is 58.7. The van der Waals surface area contributed by atoms with E-state index in [4.69, 9.17) is 47.4 Å². The lowest BCUT2D eigenvalue weighted by Crippen LogP contribution is -2.67. The molecule has 31 nitrogen and oxygen atoms in total. The molecule has 1 aromatic rings. The molecule has 2 bridgehead atoms. The number of aliphatic hydroxyl groups excluding tert-OH is 10. The van der Waals surface area contributed by atoms with Gasteiger partial charge in [-0.1, -0.05) is 60.5 Å². The number of fused-ring (bicyclic) bond motifs is 3. The summed E-state index contributed by atoms with van der Waals surface area (Å²) in [5.41, 5.74) is 0.776. The van der Waals surface area contributed by atoms with Gasteiger partial charge < -0.3 is 114 Å². The predicted molar refractivity (Wildman–Crippen MR) is 352 cm³/mol. The maximum Gasteiger partial charge on any atom is 0.397 e. The minimum absolute atomic E-state index is 0.00131. The second-order valence-electron chi connectivity index (χ2n) is 28.0. The molecule has 100 heavy (non-hydrogen) atoms. The van der Waals surface area contributed by atoms with Crippen LogP contribution in [0.2, 0.25) is 0 Å². The Morgan fingerprint density at radius 2 is 1.41 bits per heavy atom. The summed E-state index contributed by atoms with van der Waals surface area (Å²) >= 11 is 0. The molecule has 32 heteroatoms. The van der Waals surface area contributed by atoms with Crippen molar-refractivity contribution in [1.82, 2.24) is 0 Å². The molecule has 0 spiro atoms. The smallest absolute Gasteiger partial charge is 0.397 e. The maximum absolute atomic E-state index is 13.9. The Hall–Kier alpha value is -4.37. The standard InChI is InChI=1S/C68H111NO30S/c1-11-49(93-57-31-51(63(89-10)39(8)91-57)95-67(84)40-22-23-46(69-9)50(26-40)94-56-25-24-47(73)38(7)90-56)34(3)59(80)35(4)60(81)36(5)61-37(6)62-64(97-62)48(74)20-14-18-43(72)28-44(92-55(78)32-53(75)76)29-45-30-52(99-100(86,87)88)65(82)68(85,98-45)66(83)58(79)33(2)16-12-13-17-41(70)27-42(71)19-15-21-54(77)96-61/h15,21-23,26,33-39,41-45,47-49,51-52,56-66,69-74,79-83,85H,11-14,16-20,24-25,27-32H2,1-10H3,(H,75,76)(H,86,87,88)/b21-15-/t33-,34-,35-,36-,37-,38-,39+,41-,42+,43+,44-,45-,47+,48-,49-,51-,52+,56-,57-,58+,59+,60+,61-,62-,63+,64-,65-,66+,68+/m1/s1. The van der Waals surface area contributed by atoms with Crippen LogP contribution in [0.15, 0.2) is 30.4 Å². The number of cyclic esters (lactones) is 1. The van der Waals surface area contributed by atoms with E-state index >= 15 is 0 Å². The Morgan fingerprint density at radius 1 is 0.740 bits per heavy atom. The molecule has 4 saturated heterocycles. The zero-order chi connectivity index (χ0) is 74.2. The lowest BCUT2D eigenvalue weighted by Gasteiger charge is -2.48. The van der Waals surface area contributed by atoms with Gasteiger partial charge in [0.1, 0.15) is 61.0 Å². The SMILES string of the molecule is CC[C@@H](O[C@@H]1C[C@@H](OC(=O)c2ccc(NC)c(O[C@@H]3CC[C@H](O)[C@@H](C)O3)c2)[C@@H](OC)[C@H](C)O1)[C@@H](C)[C@H](O)[C@@H](C)[C@H](O)[C@@H](C)[C@H]1OC(=O)/C=C\C[C@H](O)C[C@H](O)CCCC[C@@H](C)[C@H](O)[C@H](O)[C@@]2(O)O[C@H](C[C@H](OC(=O)CC(=O)O)C[C@@H](O)CCC[C@@H](O)[C@H]3O[C@@H]3[C@@H]1C)C[C@H](OS(=O)(=O)O)[C@H]2O. The highest BCUT2D eigenvalue weighted by Gasteiger charge is 2.58. The number of carboxylic acid groups (broad SMARTS) is 1. The fourth-order valence-electron chi connectivity index (χ4n) is 14.2. The second-order valence-corrected chi connectivity index (χ2v) is 29.1. The minimum Gasteiger partial charge on any atom is -0.481 e. The van der Waals surface area contributed by atoms with Gasteiger partial charge in [-0.25, -0.2) is 13.8 Å². The van der Waals surface area contributed by atoms with E-state index in [1.54, 1.807) is 66.8 Å².